The number of nitrogens with one attached hydrogen (secondary N) is 1. The molecular weight excluding hydrogens is 172 g/mol. The van der Waals surface area contributed by atoms with E-state index >= 15 is 0 Å². The van der Waals surface area contributed by atoms with E-state index in [4.69, 9.17) is 5.84 Å². The van der Waals surface area contributed by atoms with Crippen LogP contribution < -0.4 is 11.3 Å². The maximum Gasteiger partial charge on any atom is 0.0454 e. The molecule has 0 radical (unpaired) electrons. The molecule has 0 heterocycles. The van der Waals surface area contributed by atoms with Gasteiger partial charge in [-0.25, -0.2) is 0 Å². The molecule has 1 aliphatic rings. The fraction of sp³-hybridized carbons (Fsp3) is 0.667. The normalized spacial score (nSPS) is 24.2. The molecule has 0 fully saturated rings. The van der Waals surface area contributed by atoms with Gasteiger partial charge in [0.15, 0.2) is 0 Å². The summed E-state index contributed by atoms with van der Waals surface area (Å²) in [4.78, 5) is 0. The van der Waals surface area contributed by atoms with Gasteiger partial charge in [0.25, 0.3) is 0 Å². The van der Waals surface area contributed by atoms with Gasteiger partial charge in [0.05, 0.1) is 0 Å². The molecule has 1 unspecified atom stereocenters. The third kappa shape index (κ3) is 3.64. The van der Waals surface area contributed by atoms with E-state index < -0.39 is 0 Å². The SMILES string of the molecule is C=CCC(NN)/C1=C/CCCCCC1. The van der Waals surface area contributed by atoms with Crippen LogP contribution >= 0.6 is 0 Å². The predicted octanol–water partition coefficient (Wildman–Crippen LogP) is 2.68. The van der Waals surface area contributed by atoms with Crippen LogP contribution in [0.2, 0.25) is 0 Å². The van der Waals surface area contributed by atoms with Crippen molar-refractivity contribution in [3.63, 3.8) is 0 Å². The van der Waals surface area contributed by atoms with Crippen molar-refractivity contribution in [2.45, 2.75) is 51.0 Å². The minimum absolute atomic E-state index is 0.311. The largest absolute Gasteiger partial charge is 0.271 e. The fourth-order valence-electron chi connectivity index (χ4n) is 2.03. The van der Waals surface area contributed by atoms with Gasteiger partial charge in [-0.3, -0.25) is 11.3 Å². The predicted molar refractivity (Wildman–Crippen MR) is 61.7 cm³/mol. The van der Waals surface area contributed by atoms with Crippen LogP contribution in [0.15, 0.2) is 24.3 Å². The second-order valence-electron chi connectivity index (χ2n) is 3.98. The van der Waals surface area contributed by atoms with Crippen molar-refractivity contribution in [2.24, 2.45) is 5.84 Å². The molecule has 0 aromatic heterocycles. The van der Waals surface area contributed by atoms with Crippen molar-refractivity contribution in [3.8, 4) is 0 Å². The Morgan fingerprint density at radius 1 is 1.43 bits per heavy atom. The summed E-state index contributed by atoms with van der Waals surface area (Å²) < 4.78 is 0. The molecule has 3 N–H and O–H groups in total. The number of hydrogen-bond donors (Lipinski definition) is 2. The Hall–Kier alpha value is -0.600. The molecule has 1 rings (SSSR count). The van der Waals surface area contributed by atoms with Gasteiger partial charge in [-0.05, 0) is 32.1 Å². The molecule has 0 bridgehead atoms. The van der Waals surface area contributed by atoms with Crippen molar-refractivity contribution in [1.82, 2.24) is 5.43 Å². The van der Waals surface area contributed by atoms with Crippen LogP contribution in [0.3, 0.4) is 0 Å². The molecule has 0 spiro atoms. The van der Waals surface area contributed by atoms with Crippen molar-refractivity contribution in [2.75, 3.05) is 0 Å². The molecule has 0 aromatic rings. The lowest BCUT2D eigenvalue weighted by molar-refractivity contribution is 0.542. The van der Waals surface area contributed by atoms with Gasteiger partial charge in [-0.15, -0.1) is 6.58 Å². The highest BCUT2D eigenvalue weighted by Gasteiger charge is 2.11. The molecule has 0 saturated heterocycles. The van der Waals surface area contributed by atoms with E-state index in [9.17, 15) is 0 Å². The molecule has 80 valence electrons. The monoisotopic (exact) mass is 194 g/mol. The first-order chi connectivity index (χ1) is 6.88. The van der Waals surface area contributed by atoms with Gasteiger partial charge in [0, 0.05) is 6.04 Å². The number of rotatable bonds is 4. The van der Waals surface area contributed by atoms with Crippen LogP contribution in [0.5, 0.6) is 0 Å². The molecule has 0 amide bonds. The summed E-state index contributed by atoms with van der Waals surface area (Å²) in [5.41, 5.74) is 4.36. The molecule has 0 aliphatic heterocycles. The van der Waals surface area contributed by atoms with Crippen molar-refractivity contribution in [3.05, 3.63) is 24.3 Å². The summed E-state index contributed by atoms with van der Waals surface area (Å²) in [5, 5.41) is 0. The van der Waals surface area contributed by atoms with Gasteiger partial charge in [-0.2, -0.15) is 0 Å². The second-order valence-corrected chi connectivity index (χ2v) is 3.98. The number of allylic oxidation sites excluding steroid dienone is 1. The Balaban J connectivity index is 2.55. The van der Waals surface area contributed by atoms with Crippen LogP contribution in [0.4, 0.5) is 0 Å². The van der Waals surface area contributed by atoms with Crippen LogP contribution in [-0.2, 0) is 0 Å². The van der Waals surface area contributed by atoms with E-state index in [1.807, 2.05) is 6.08 Å². The van der Waals surface area contributed by atoms with E-state index in [2.05, 4.69) is 18.1 Å². The zero-order chi connectivity index (χ0) is 10.2. The van der Waals surface area contributed by atoms with E-state index in [0.29, 0.717) is 6.04 Å². The Labute approximate surface area is 87.2 Å². The fourth-order valence-corrected chi connectivity index (χ4v) is 2.03. The lowest BCUT2D eigenvalue weighted by Gasteiger charge is -2.20. The van der Waals surface area contributed by atoms with E-state index in [0.717, 1.165) is 6.42 Å². The van der Waals surface area contributed by atoms with E-state index in [1.165, 1.54) is 44.1 Å². The zero-order valence-electron chi connectivity index (χ0n) is 8.97. The molecule has 0 saturated carbocycles. The highest BCUT2D eigenvalue weighted by Crippen LogP contribution is 2.20. The average molecular weight is 194 g/mol. The second kappa shape index (κ2) is 6.80. The third-order valence-electron chi connectivity index (χ3n) is 2.88. The lowest BCUT2D eigenvalue weighted by Crippen LogP contribution is -2.36. The van der Waals surface area contributed by atoms with Crippen molar-refractivity contribution in [1.29, 1.82) is 0 Å². The smallest absolute Gasteiger partial charge is 0.0454 e. The van der Waals surface area contributed by atoms with Crippen LogP contribution in [0.1, 0.15) is 44.9 Å². The molecule has 0 aromatic carbocycles. The van der Waals surface area contributed by atoms with E-state index in [-0.39, 0.29) is 0 Å². The topological polar surface area (TPSA) is 38.0 Å². The zero-order valence-corrected chi connectivity index (χ0v) is 8.97. The van der Waals surface area contributed by atoms with Gasteiger partial charge < -0.3 is 0 Å². The minimum atomic E-state index is 0.311. The number of nitrogens with two attached hydrogens (primary N) is 1. The first-order valence-corrected chi connectivity index (χ1v) is 5.64. The number of hydrogen-bond acceptors (Lipinski definition) is 2. The maximum absolute atomic E-state index is 5.54. The third-order valence-corrected chi connectivity index (χ3v) is 2.88. The van der Waals surface area contributed by atoms with Crippen LogP contribution in [0.25, 0.3) is 0 Å². The Kier molecular flexibility index (Phi) is 5.57. The summed E-state index contributed by atoms with van der Waals surface area (Å²) in [5.74, 6) is 5.54. The Morgan fingerprint density at radius 2 is 2.21 bits per heavy atom. The van der Waals surface area contributed by atoms with E-state index in [1.54, 1.807) is 0 Å². The molecule has 1 aliphatic carbocycles. The van der Waals surface area contributed by atoms with Crippen molar-refractivity contribution >= 4 is 0 Å². The summed E-state index contributed by atoms with van der Waals surface area (Å²) in [7, 11) is 0. The van der Waals surface area contributed by atoms with Gasteiger partial charge >= 0.3 is 0 Å². The molecule has 1 atom stereocenters. The summed E-state index contributed by atoms with van der Waals surface area (Å²) in [6.07, 6.45) is 13.0. The minimum Gasteiger partial charge on any atom is -0.271 e. The van der Waals surface area contributed by atoms with Crippen LogP contribution in [-0.4, -0.2) is 6.04 Å². The first-order valence-electron chi connectivity index (χ1n) is 5.64. The Bertz CT molecular complexity index is 196. The summed E-state index contributed by atoms with van der Waals surface area (Å²) in [6.45, 7) is 3.76. The highest BCUT2D eigenvalue weighted by atomic mass is 15.2. The molecule has 2 nitrogen and oxygen atoms in total. The highest BCUT2D eigenvalue weighted by molar-refractivity contribution is 5.12. The average Bonchev–Trinajstić information content (AvgIpc) is 2.15. The summed E-state index contributed by atoms with van der Waals surface area (Å²) in [6, 6.07) is 0.311. The molecular formula is C12H22N2. The first kappa shape index (κ1) is 11.5. The standard InChI is InChI=1S/C12H22N2/c1-2-8-12(14-13)11-9-6-4-3-5-7-10-11/h2,9,12,14H,1,3-8,10,13H2/b11-9+. The number of hydrazine groups is 1. The molecule has 14 heavy (non-hydrogen) atoms. The quantitative estimate of drug-likeness (QED) is 0.410. The van der Waals surface area contributed by atoms with Crippen LogP contribution in [0, 0.1) is 0 Å². The van der Waals surface area contributed by atoms with Gasteiger partial charge in [-0.1, -0.05) is 30.6 Å². The van der Waals surface area contributed by atoms with Crippen molar-refractivity contribution < 1.29 is 0 Å². The molecule has 2 heteroatoms. The maximum atomic E-state index is 5.54. The Morgan fingerprint density at radius 3 is 2.93 bits per heavy atom. The lowest BCUT2D eigenvalue weighted by atomic mass is 9.94. The summed E-state index contributed by atoms with van der Waals surface area (Å²) >= 11 is 0. The van der Waals surface area contributed by atoms with Gasteiger partial charge in [0.1, 0.15) is 0 Å². The van der Waals surface area contributed by atoms with Gasteiger partial charge in [0.2, 0.25) is 0 Å².